The fourth-order valence-electron chi connectivity index (χ4n) is 4.13. The van der Waals surface area contributed by atoms with Gasteiger partial charge < -0.3 is 14.5 Å². The molecule has 3 heterocycles. The van der Waals surface area contributed by atoms with E-state index in [0.717, 1.165) is 5.82 Å². The van der Waals surface area contributed by atoms with Gasteiger partial charge in [0.15, 0.2) is 0 Å². The molecule has 160 valence electrons. The molecule has 2 aromatic rings. The Hall–Kier alpha value is -2.48. The topological polar surface area (TPSA) is 45.7 Å². The van der Waals surface area contributed by atoms with Crippen molar-refractivity contribution in [3.63, 3.8) is 0 Å². The number of fused-ring (bicyclic) bond motifs is 1. The Labute approximate surface area is 177 Å². The number of alkyl halides is 3. The lowest BCUT2D eigenvalue weighted by Crippen LogP contribution is -2.44. The molecule has 0 spiro atoms. The number of aryl methyl sites for hydroxylation is 1. The van der Waals surface area contributed by atoms with Crippen molar-refractivity contribution in [2.75, 3.05) is 29.4 Å². The number of pyridine rings is 1. The summed E-state index contributed by atoms with van der Waals surface area (Å²) in [6.07, 6.45) is -0.397. The number of rotatable bonds is 3. The van der Waals surface area contributed by atoms with Gasteiger partial charge >= 0.3 is 6.36 Å². The average Bonchev–Trinajstić information content (AvgIpc) is 2.72. The summed E-state index contributed by atoms with van der Waals surface area (Å²) >= 11 is 5.89. The number of anilines is 2. The van der Waals surface area contributed by atoms with Crippen LogP contribution in [0.25, 0.3) is 0 Å². The maximum Gasteiger partial charge on any atom is 0.573 e. The largest absolute Gasteiger partial charge is 0.573 e. The number of benzene rings is 1. The Balaban J connectivity index is 1.43. The molecule has 5 nitrogen and oxygen atoms in total. The SMILES string of the molecule is O=C(C1CCN(c2ccc(Cl)cn2)CC1)N1CCCc2cc(OC(F)(F)F)ccc21. The van der Waals surface area contributed by atoms with Gasteiger partial charge in [-0.3, -0.25) is 4.79 Å². The molecule has 0 unspecified atom stereocenters. The first-order valence-corrected chi connectivity index (χ1v) is 10.2. The van der Waals surface area contributed by atoms with Gasteiger partial charge in [-0.2, -0.15) is 0 Å². The van der Waals surface area contributed by atoms with Crippen LogP contribution < -0.4 is 14.5 Å². The lowest BCUT2D eigenvalue weighted by atomic mass is 9.93. The van der Waals surface area contributed by atoms with Crippen molar-refractivity contribution >= 4 is 29.0 Å². The monoisotopic (exact) mass is 439 g/mol. The third kappa shape index (κ3) is 4.64. The highest BCUT2D eigenvalue weighted by atomic mass is 35.5. The average molecular weight is 440 g/mol. The number of nitrogens with zero attached hydrogens (tertiary/aromatic N) is 3. The van der Waals surface area contributed by atoms with E-state index in [4.69, 9.17) is 11.6 Å². The molecule has 9 heteroatoms. The summed E-state index contributed by atoms with van der Waals surface area (Å²) in [5.74, 6) is 0.500. The van der Waals surface area contributed by atoms with Crippen molar-refractivity contribution in [2.45, 2.75) is 32.0 Å². The van der Waals surface area contributed by atoms with E-state index in [1.165, 1.54) is 12.1 Å². The molecular formula is C21H21ClF3N3O2. The van der Waals surface area contributed by atoms with Gasteiger partial charge in [-0.05, 0) is 61.6 Å². The van der Waals surface area contributed by atoms with Crippen molar-refractivity contribution in [1.82, 2.24) is 4.98 Å². The van der Waals surface area contributed by atoms with Gasteiger partial charge in [-0.25, -0.2) is 4.98 Å². The van der Waals surface area contributed by atoms with Crippen LogP contribution in [0.15, 0.2) is 36.5 Å². The lowest BCUT2D eigenvalue weighted by Gasteiger charge is -2.37. The van der Waals surface area contributed by atoms with Gasteiger partial charge in [0.2, 0.25) is 5.91 Å². The van der Waals surface area contributed by atoms with Crippen LogP contribution in [-0.4, -0.2) is 36.9 Å². The highest BCUT2D eigenvalue weighted by Crippen LogP contribution is 2.34. The second-order valence-corrected chi connectivity index (χ2v) is 7.96. The summed E-state index contributed by atoms with van der Waals surface area (Å²) in [5, 5.41) is 0.580. The van der Waals surface area contributed by atoms with Crippen molar-refractivity contribution in [2.24, 2.45) is 5.92 Å². The van der Waals surface area contributed by atoms with Crippen LogP contribution in [0.5, 0.6) is 5.75 Å². The molecule has 0 saturated carbocycles. The van der Waals surface area contributed by atoms with Crippen LogP contribution in [0.2, 0.25) is 5.02 Å². The van der Waals surface area contributed by atoms with Crippen molar-refractivity contribution in [3.05, 3.63) is 47.1 Å². The van der Waals surface area contributed by atoms with Gasteiger partial charge in [0.1, 0.15) is 11.6 Å². The minimum atomic E-state index is -4.73. The second-order valence-electron chi connectivity index (χ2n) is 7.53. The molecule has 0 bridgehead atoms. The van der Waals surface area contributed by atoms with E-state index in [1.807, 2.05) is 6.07 Å². The quantitative estimate of drug-likeness (QED) is 0.687. The summed E-state index contributed by atoms with van der Waals surface area (Å²) in [6, 6.07) is 7.87. The molecule has 30 heavy (non-hydrogen) atoms. The van der Waals surface area contributed by atoms with E-state index in [0.29, 0.717) is 61.6 Å². The van der Waals surface area contributed by atoms with E-state index in [-0.39, 0.29) is 17.6 Å². The van der Waals surface area contributed by atoms with E-state index in [9.17, 15) is 18.0 Å². The molecule has 1 saturated heterocycles. The predicted octanol–water partition coefficient (Wildman–Crippen LogP) is 4.83. The zero-order valence-corrected chi connectivity index (χ0v) is 16.9. The minimum absolute atomic E-state index is 0.0316. The van der Waals surface area contributed by atoms with Crippen LogP contribution >= 0.6 is 11.6 Å². The van der Waals surface area contributed by atoms with Gasteiger partial charge in [0, 0.05) is 37.4 Å². The molecular weight excluding hydrogens is 419 g/mol. The Morgan fingerprint density at radius 2 is 1.90 bits per heavy atom. The minimum Gasteiger partial charge on any atom is -0.406 e. The Morgan fingerprint density at radius 1 is 1.13 bits per heavy atom. The van der Waals surface area contributed by atoms with Crippen LogP contribution in [0, 0.1) is 5.92 Å². The summed E-state index contributed by atoms with van der Waals surface area (Å²) in [4.78, 5) is 21.4. The third-order valence-electron chi connectivity index (χ3n) is 5.55. The first kappa shape index (κ1) is 20.8. The van der Waals surface area contributed by atoms with Gasteiger partial charge in [0.05, 0.1) is 5.02 Å². The number of carbonyl (C=O) groups is 1. The lowest BCUT2D eigenvalue weighted by molar-refractivity contribution is -0.274. The van der Waals surface area contributed by atoms with E-state index >= 15 is 0 Å². The molecule has 1 aromatic carbocycles. The summed E-state index contributed by atoms with van der Waals surface area (Å²) in [5.41, 5.74) is 1.39. The van der Waals surface area contributed by atoms with Crippen LogP contribution in [0.4, 0.5) is 24.7 Å². The van der Waals surface area contributed by atoms with E-state index in [2.05, 4.69) is 14.6 Å². The van der Waals surface area contributed by atoms with Gasteiger partial charge in [-0.1, -0.05) is 11.6 Å². The van der Waals surface area contributed by atoms with Gasteiger partial charge in [-0.15, -0.1) is 13.2 Å². The molecule has 4 rings (SSSR count). The van der Waals surface area contributed by atoms with Crippen LogP contribution in [0.1, 0.15) is 24.8 Å². The Bertz CT molecular complexity index is 913. The van der Waals surface area contributed by atoms with Crippen molar-refractivity contribution in [1.29, 1.82) is 0 Å². The standard InChI is InChI=1S/C21H21ClF3N3O2/c22-16-3-6-19(26-13-16)27-10-7-14(8-11-27)20(29)28-9-1-2-15-12-17(4-5-18(15)28)30-21(23,24)25/h3-6,12-14H,1-2,7-11H2. The first-order chi connectivity index (χ1) is 14.3. The Morgan fingerprint density at radius 3 is 2.57 bits per heavy atom. The van der Waals surface area contributed by atoms with E-state index < -0.39 is 6.36 Å². The third-order valence-corrected chi connectivity index (χ3v) is 5.77. The van der Waals surface area contributed by atoms with Gasteiger partial charge in [0.25, 0.3) is 0 Å². The Kier molecular flexibility index (Phi) is 5.77. The molecule has 1 fully saturated rings. The van der Waals surface area contributed by atoms with E-state index in [1.54, 1.807) is 23.2 Å². The molecule has 0 atom stereocenters. The number of carbonyl (C=O) groups excluding carboxylic acids is 1. The number of halogens is 4. The maximum atomic E-state index is 13.2. The second kappa shape index (κ2) is 8.34. The van der Waals surface area contributed by atoms with Crippen molar-refractivity contribution in [3.8, 4) is 5.75 Å². The number of amides is 1. The number of hydrogen-bond donors (Lipinski definition) is 0. The summed E-state index contributed by atoms with van der Waals surface area (Å²) in [7, 11) is 0. The fourth-order valence-corrected chi connectivity index (χ4v) is 4.24. The fraction of sp³-hybridized carbons (Fsp3) is 0.429. The molecule has 0 radical (unpaired) electrons. The molecule has 0 N–H and O–H groups in total. The molecule has 0 aliphatic carbocycles. The van der Waals surface area contributed by atoms with Crippen LogP contribution in [-0.2, 0) is 11.2 Å². The highest BCUT2D eigenvalue weighted by molar-refractivity contribution is 6.30. The zero-order chi connectivity index (χ0) is 21.3. The molecule has 1 aromatic heterocycles. The first-order valence-electron chi connectivity index (χ1n) is 9.87. The number of aromatic nitrogens is 1. The zero-order valence-electron chi connectivity index (χ0n) is 16.2. The maximum absolute atomic E-state index is 13.2. The predicted molar refractivity (Wildman–Crippen MR) is 108 cm³/mol. The van der Waals surface area contributed by atoms with Crippen LogP contribution in [0.3, 0.4) is 0 Å². The number of hydrogen-bond acceptors (Lipinski definition) is 4. The van der Waals surface area contributed by atoms with Crippen molar-refractivity contribution < 1.29 is 22.7 Å². The number of ether oxygens (including phenoxy) is 1. The molecule has 2 aliphatic rings. The molecule has 1 amide bonds. The summed E-state index contributed by atoms with van der Waals surface area (Å²) in [6.45, 7) is 2.00. The molecule has 2 aliphatic heterocycles. The number of piperidine rings is 1. The smallest absolute Gasteiger partial charge is 0.406 e. The highest BCUT2D eigenvalue weighted by Gasteiger charge is 2.34. The summed E-state index contributed by atoms with van der Waals surface area (Å²) < 4.78 is 41.5. The normalized spacial score (nSPS) is 17.6.